The Hall–Kier alpha value is -1.91. The van der Waals surface area contributed by atoms with Gasteiger partial charge in [-0.1, -0.05) is 12.1 Å². The van der Waals surface area contributed by atoms with Gasteiger partial charge in [0.1, 0.15) is 5.82 Å². The summed E-state index contributed by atoms with van der Waals surface area (Å²) >= 11 is 0. The number of rotatable bonds is 5. The number of carbonyl (C=O) groups excluding carboxylic acids is 2. The molecule has 1 aromatic carbocycles. The van der Waals surface area contributed by atoms with Crippen LogP contribution in [0, 0.1) is 17.7 Å². The van der Waals surface area contributed by atoms with Crippen molar-refractivity contribution in [2.45, 2.75) is 32.1 Å². The number of nitrogens with zero attached hydrogens (tertiary/aromatic N) is 1. The van der Waals surface area contributed by atoms with E-state index in [1.54, 1.807) is 12.1 Å². The maximum atomic E-state index is 12.8. The van der Waals surface area contributed by atoms with Gasteiger partial charge in [0.2, 0.25) is 11.8 Å². The first kappa shape index (κ1) is 16.0. The van der Waals surface area contributed by atoms with E-state index in [0.717, 1.165) is 31.2 Å². The van der Waals surface area contributed by atoms with Crippen molar-refractivity contribution in [2.24, 2.45) is 11.8 Å². The topological polar surface area (TPSA) is 49.4 Å². The molecule has 3 rings (SSSR count). The fraction of sp³-hybridized carbons (Fsp3) is 0.556. The lowest BCUT2D eigenvalue weighted by Crippen LogP contribution is -2.43. The number of likely N-dealkylation sites (tertiary alicyclic amines) is 1. The van der Waals surface area contributed by atoms with Crippen LogP contribution in [0.1, 0.15) is 31.2 Å². The minimum Gasteiger partial charge on any atom is -0.356 e. The second kappa shape index (κ2) is 7.11. The number of amides is 2. The number of hydrogen-bond donors (Lipinski definition) is 1. The lowest BCUT2D eigenvalue weighted by Gasteiger charge is -2.31. The monoisotopic (exact) mass is 318 g/mol. The summed E-state index contributed by atoms with van der Waals surface area (Å²) in [6, 6.07) is 6.35. The summed E-state index contributed by atoms with van der Waals surface area (Å²) in [7, 11) is 0. The predicted molar refractivity (Wildman–Crippen MR) is 85.1 cm³/mol. The summed E-state index contributed by atoms with van der Waals surface area (Å²) in [5, 5.41) is 2.96. The SMILES string of the molecule is O=C(NCCc1ccc(F)cc1)C1CCN(C(=O)C2CC2)CC1. The molecule has 0 radical (unpaired) electrons. The number of halogens is 1. The van der Waals surface area contributed by atoms with Gasteiger partial charge in [-0.05, 0) is 49.8 Å². The molecule has 1 saturated carbocycles. The largest absolute Gasteiger partial charge is 0.356 e. The Morgan fingerprint density at radius 2 is 1.70 bits per heavy atom. The van der Waals surface area contributed by atoms with Gasteiger partial charge in [0.15, 0.2) is 0 Å². The number of nitrogens with one attached hydrogen (secondary N) is 1. The highest BCUT2D eigenvalue weighted by molar-refractivity contribution is 5.82. The average Bonchev–Trinajstić information content (AvgIpc) is 3.41. The molecule has 0 bridgehead atoms. The van der Waals surface area contributed by atoms with E-state index >= 15 is 0 Å². The highest BCUT2D eigenvalue weighted by atomic mass is 19.1. The Bertz CT molecular complexity index is 561. The van der Waals surface area contributed by atoms with E-state index in [9.17, 15) is 14.0 Å². The third-order valence-corrected chi connectivity index (χ3v) is 4.73. The van der Waals surface area contributed by atoms with Crippen molar-refractivity contribution in [3.63, 3.8) is 0 Å². The normalized spacial score (nSPS) is 18.7. The van der Waals surface area contributed by atoms with Crippen molar-refractivity contribution in [3.8, 4) is 0 Å². The molecule has 0 aromatic heterocycles. The van der Waals surface area contributed by atoms with Gasteiger partial charge in [-0.25, -0.2) is 4.39 Å². The highest BCUT2D eigenvalue weighted by Gasteiger charge is 2.35. The molecule has 2 amide bonds. The van der Waals surface area contributed by atoms with Gasteiger partial charge in [0.25, 0.3) is 0 Å². The molecule has 1 aliphatic carbocycles. The number of piperidine rings is 1. The number of hydrogen-bond acceptors (Lipinski definition) is 2. The maximum Gasteiger partial charge on any atom is 0.225 e. The van der Waals surface area contributed by atoms with Gasteiger partial charge in [-0.3, -0.25) is 9.59 Å². The minimum absolute atomic E-state index is 0.00599. The third kappa shape index (κ3) is 4.30. The molecular formula is C18H23FN2O2. The highest BCUT2D eigenvalue weighted by Crippen LogP contribution is 2.32. The molecule has 0 spiro atoms. The van der Waals surface area contributed by atoms with Crippen molar-refractivity contribution < 1.29 is 14.0 Å². The number of benzene rings is 1. The molecule has 1 aliphatic heterocycles. The van der Waals surface area contributed by atoms with E-state index in [-0.39, 0.29) is 29.5 Å². The Kier molecular flexibility index (Phi) is 4.94. The lowest BCUT2D eigenvalue weighted by molar-refractivity contribution is -0.136. The molecule has 23 heavy (non-hydrogen) atoms. The fourth-order valence-corrected chi connectivity index (χ4v) is 3.08. The van der Waals surface area contributed by atoms with E-state index in [2.05, 4.69) is 5.32 Å². The third-order valence-electron chi connectivity index (χ3n) is 4.73. The predicted octanol–water partition coefficient (Wildman–Crippen LogP) is 2.13. The van der Waals surface area contributed by atoms with E-state index < -0.39 is 0 Å². The summed E-state index contributed by atoms with van der Waals surface area (Å²) in [5.74, 6) is 0.374. The molecular weight excluding hydrogens is 295 g/mol. The van der Waals surface area contributed by atoms with Crippen LogP contribution in [0.3, 0.4) is 0 Å². The van der Waals surface area contributed by atoms with Crippen LogP contribution in [0.25, 0.3) is 0 Å². The zero-order valence-corrected chi connectivity index (χ0v) is 13.3. The minimum atomic E-state index is -0.245. The molecule has 4 nitrogen and oxygen atoms in total. The van der Waals surface area contributed by atoms with Crippen LogP contribution in [0.5, 0.6) is 0 Å². The maximum absolute atomic E-state index is 12.8. The van der Waals surface area contributed by atoms with Gasteiger partial charge in [0, 0.05) is 31.5 Å². The van der Waals surface area contributed by atoms with Crippen LogP contribution < -0.4 is 5.32 Å². The first-order chi connectivity index (χ1) is 11.1. The molecule has 0 atom stereocenters. The van der Waals surface area contributed by atoms with Crippen molar-refractivity contribution in [3.05, 3.63) is 35.6 Å². The van der Waals surface area contributed by atoms with Crippen molar-refractivity contribution in [2.75, 3.05) is 19.6 Å². The first-order valence-corrected chi connectivity index (χ1v) is 8.44. The smallest absolute Gasteiger partial charge is 0.225 e. The molecule has 1 aromatic rings. The van der Waals surface area contributed by atoms with Crippen LogP contribution in [-0.2, 0) is 16.0 Å². The van der Waals surface area contributed by atoms with E-state index in [0.29, 0.717) is 26.1 Å². The van der Waals surface area contributed by atoms with Crippen LogP contribution in [0.2, 0.25) is 0 Å². The second-order valence-corrected chi connectivity index (χ2v) is 6.54. The molecule has 1 saturated heterocycles. The van der Waals surface area contributed by atoms with Gasteiger partial charge < -0.3 is 10.2 Å². The van der Waals surface area contributed by atoms with Crippen molar-refractivity contribution in [1.82, 2.24) is 10.2 Å². The van der Waals surface area contributed by atoms with Crippen LogP contribution in [0.15, 0.2) is 24.3 Å². The molecule has 2 aliphatic rings. The second-order valence-electron chi connectivity index (χ2n) is 6.54. The summed E-state index contributed by atoms with van der Waals surface area (Å²) in [6.07, 6.45) is 4.26. The summed E-state index contributed by atoms with van der Waals surface area (Å²) in [5.41, 5.74) is 1.01. The van der Waals surface area contributed by atoms with Gasteiger partial charge in [-0.2, -0.15) is 0 Å². The zero-order valence-electron chi connectivity index (χ0n) is 13.3. The molecule has 5 heteroatoms. The van der Waals surface area contributed by atoms with Crippen molar-refractivity contribution in [1.29, 1.82) is 0 Å². The first-order valence-electron chi connectivity index (χ1n) is 8.44. The quantitative estimate of drug-likeness (QED) is 0.904. The Balaban J connectivity index is 1.37. The van der Waals surface area contributed by atoms with Crippen LogP contribution in [0.4, 0.5) is 4.39 Å². The Morgan fingerprint density at radius 3 is 2.30 bits per heavy atom. The summed E-state index contributed by atoms with van der Waals surface area (Å²) in [4.78, 5) is 26.1. The van der Waals surface area contributed by atoms with Gasteiger partial charge in [-0.15, -0.1) is 0 Å². The molecule has 124 valence electrons. The van der Waals surface area contributed by atoms with E-state index in [1.165, 1.54) is 12.1 Å². The zero-order chi connectivity index (χ0) is 16.2. The van der Waals surface area contributed by atoms with Crippen LogP contribution in [-0.4, -0.2) is 36.3 Å². The van der Waals surface area contributed by atoms with Crippen LogP contribution >= 0.6 is 0 Å². The summed E-state index contributed by atoms with van der Waals surface area (Å²) in [6.45, 7) is 1.96. The lowest BCUT2D eigenvalue weighted by atomic mass is 9.95. The van der Waals surface area contributed by atoms with Crippen molar-refractivity contribution >= 4 is 11.8 Å². The van der Waals surface area contributed by atoms with E-state index in [1.807, 2.05) is 4.90 Å². The molecule has 1 N–H and O–H groups in total. The van der Waals surface area contributed by atoms with Gasteiger partial charge >= 0.3 is 0 Å². The standard InChI is InChI=1S/C18H23FN2O2/c19-16-5-1-13(2-6-16)7-10-20-17(22)14-8-11-21(12-9-14)18(23)15-3-4-15/h1-2,5-6,14-15H,3-4,7-12H2,(H,20,22). The average molecular weight is 318 g/mol. The Morgan fingerprint density at radius 1 is 1.04 bits per heavy atom. The molecule has 1 heterocycles. The molecule has 0 unspecified atom stereocenters. The Labute approximate surface area is 136 Å². The van der Waals surface area contributed by atoms with Gasteiger partial charge in [0.05, 0.1) is 0 Å². The molecule has 2 fully saturated rings. The fourth-order valence-electron chi connectivity index (χ4n) is 3.08. The van der Waals surface area contributed by atoms with E-state index in [4.69, 9.17) is 0 Å². The summed E-state index contributed by atoms with van der Waals surface area (Å²) < 4.78 is 12.8. The number of carbonyl (C=O) groups is 2.